The molecule has 1 aromatic rings. The minimum Gasteiger partial charge on any atom is -0.339 e. The van der Waals surface area contributed by atoms with Crippen LogP contribution in [0.3, 0.4) is 0 Å². The van der Waals surface area contributed by atoms with Crippen molar-refractivity contribution >= 4 is 11.6 Å². The Bertz CT molecular complexity index is 685. The molecule has 1 atom stereocenters. The molecule has 100 valence electrons. The molecule has 1 unspecified atom stereocenters. The van der Waals surface area contributed by atoms with E-state index < -0.39 is 5.79 Å². The number of nitrogens with zero attached hydrogens (tertiary/aromatic N) is 1. The van der Waals surface area contributed by atoms with Crippen LogP contribution in [0.15, 0.2) is 47.7 Å². The van der Waals surface area contributed by atoms with Gasteiger partial charge in [0.2, 0.25) is 5.79 Å². The predicted octanol–water partition coefficient (Wildman–Crippen LogP) is 4.01. The van der Waals surface area contributed by atoms with Crippen LogP contribution in [0.5, 0.6) is 0 Å². The highest BCUT2D eigenvalue weighted by atomic mass is 19.1. The third-order valence-electron chi connectivity index (χ3n) is 3.98. The van der Waals surface area contributed by atoms with Crippen LogP contribution in [0.4, 0.5) is 4.39 Å². The summed E-state index contributed by atoms with van der Waals surface area (Å²) < 4.78 is 14.8. The summed E-state index contributed by atoms with van der Waals surface area (Å²) in [4.78, 5) is 1.69. The average molecular weight is 265 g/mol. The Kier molecular flexibility index (Phi) is 2.79. The Labute approximate surface area is 119 Å². The van der Waals surface area contributed by atoms with Gasteiger partial charge in [-0.15, -0.1) is 12.3 Å². The van der Waals surface area contributed by atoms with Gasteiger partial charge in [-0.3, -0.25) is 0 Å². The van der Waals surface area contributed by atoms with Crippen molar-refractivity contribution in [3.8, 4) is 12.3 Å². The van der Waals surface area contributed by atoms with Crippen LogP contribution in [0, 0.1) is 12.3 Å². The zero-order valence-electron chi connectivity index (χ0n) is 11.7. The molecular weight excluding hydrogens is 249 g/mol. The summed E-state index contributed by atoms with van der Waals surface area (Å²) >= 11 is 0. The third kappa shape index (κ3) is 1.71. The van der Waals surface area contributed by atoms with Gasteiger partial charge < -0.3 is 4.90 Å². The molecule has 2 aliphatic rings. The van der Waals surface area contributed by atoms with Crippen LogP contribution in [0.2, 0.25) is 0 Å². The molecule has 3 rings (SSSR count). The van der Waals surface area contributed by atoms with Crippen molar-refractivity contribution in [1.82, 2.24) is 4.90 Å². The van der Waals surface area contributed by atoms with E-state index in [4.69, 9.17) is 6.42 Å². The van der Waals surface area contributed by atoms with Gasteiger partial charge in [0.15, 0.2) is 0 Å². The van der Waals surface area contributed by atoms with Crippen molar-refractivity contribution in [3.63, 3.8) is 0 Å². The molecule has 0 bridgehead atoms. The van der Waals surface area contributed by atoms with Gasteiger partial charge in [0, 0.05) is 30.3 Å². The van der Waals surface area contributed by atoms with E-state index in [1.165, 1.54) is 0 Å². The number of allylic oxidation sites excluding steroid dienone is 2. The van der Waals surface area contributed by atoms with E-state index in [0.29, 0.717) is 6.42 Å². The molecule has 0 radical (unpaired) electrons. The minimum atomic E-state index is -1.37. The highest BCUT2D eigenvalue weighted by molar-refractivity contribution is 5.97. The number of hydrogen-bond acceptors (Lipinski definition) is 1. The highest BCUT2D eigenvalue weighted by Crippen LogP contribution is 2.60. The first-order valence-corrected chi connectivity index (χ1v) is 6.65. The monoisotopic (exact) mass is 265 g/mol. The molecule has 0 amide bonds. The number of halogens is 1. The largest absolute Gasteiger partial charge is 0.339 e. The molecule has 1 heterocycles. The Morgan fingerprint density at radius 2 is 2.05 bits per heavy atom. The number of terminal acetylenes is 1. The maximum Gasteiger partial charge on any atom is 0.235 e. The van der Waals surface area contributed by atoms with E-state index in [-0.39, 0.29) is 0 Å². The van der Waals surface area contributed by atoms with Gasteiger partial charge in [0.1, 0.15) is 0 Å². The number of hydrogen-bond donors (Lipinski definition) is 0. The predicted molar refractivity (Wildman–Crippen MR) is 81.2 cm³/mol. The third-order valence-corrected chi connectivity index (χ3v) is 3.98. The summed E-state index contributed by atoms with van der Waals surface area (Å²) in [5.41, 5.74) is 4.60. The van der Waals surface area contributed by atoms with Gasteiger partial charge in [-0.25, -0.2) is 4.39 Å². The zero-order valence-corrected chi connectivity index (χ0v) is 11.7. The normalized spacial score (nSPS) is 23.9. The molecule has 1 aliphatic heterocycles. The van der Waals surface area contributed by atoms with Crippen LogP contribution in [-0.2, 0) is 0 Å². The van der Waals surface area contributed by atoms with Crippen molar-refractivity contribution in [3.05, 3.63) is 58.8 Å². The molecule has 0 spiro atoms. The smallest absolute Gasteiger partial charge is 0.235 e. The molecule has 2 heteroatoms. The first kappa shape index (κ1) is 12.7. The van der Waals surface area contributed by atoms with E-state index in [1.807, 2.05) is 49.4 Å². The lowest BCUT2D eigenvalue weighted by Gasteiger charge is -2.22. The van der Waals surface area contributed by atoms with Gasteiger partial charge in [0.25, 0.3) is 0 Å². The van der Waals surface area contributed by atoms with E-state index >= 15 is 0 Å². The Morgan fingerprint density at radius 1 is 1.35 bits per heavy atom. The maximum absolute atomic E-state index is 14.8. The van der Waals surface area contributed by atoms with Crippen molar-refractivity contribution < 1.29 is 4.39 Å². The second kappa shape index (κ2) is 4.38. The van der Waals surface area contributed by atoms with Gasteiger partial charge in [0.05, 0.1) is 0 Å². The van der Waals surface area contributed by atoms with Crippen LogP contribution in [-0.4, -0.2) is 17.7 Å². The summed E-state index contributed by atoms with van der Waals surface area (Å²) in [7, 11) is 1.79. The summed E-state index contributed by atoms with van der Waals surface area (Å²) in [5.74, 6) is 1.19. The second-order valence-electron chi connectivity index (χ2n) is 5.19. The topological polar surface area (TPSA) is 3.24 Å². The second-order valence-corrected chi connectivity index (χ2v) is 5.19. The van der Waals surface area contributed by atoms with Gasteiger partial charge in [-0.05, 0) is 24.1 Å². The molecule has 0 saturated heterocycles. The summed E-state index contributed by atoms with van der Waals surface area (Å²) in [6.45, 7) is 1.93. The Morgan fingerprint density at radius 3 is 2.60 bits per heavy atom. The Balaban J connectivity index is 1.83. The fraction of sp³-hybridized carbons (Fsp3) is 0.222. The molecule has 1 nitrogen and oxygen atoms in total. The quantitative estimate of drug-likeness (QED) is 0.589. The van der Waals surface area contributed by atoms with Crippen molar-refractivity contribution in [2.45, 2.75) is 19.1 Å². The van der Waals surface area contributed by atoms with E-state index in [2.05, 4.69) is 5.92 Å². The van der Waals surface area contributed by atoms with Gasteiger partial charge in [-0.1, -0.05) is 36.4 Å². The van der Waals surface area contributed by atoms with Gasteiger partial charge in [-0.2, -0.15) is 0 Å². The first-order chi connectivity index (χ1) is 9.59. The molecule has 0 aromatic heterocycles. The fourth-order valence-electron chi connectivity index (χ4n) is 2.70. The van der Waals surface area contributed by atoms with Gasteiger partial charge >= 0.3 is 0 Å². The van der Waals surface area contributed by atoms with Crippen LogP contribution in [0.25, 0.3) is 11.6 Å². The Hall–Kier alpha value is -2.27. The van der Waals surface area contributed by atoms with E-state index in [1.54, 1.807) is 11.9 Å². The van der Waals surface area contributed by atoms with Crippen molar-refractivity contribution in [1.29, 1.82) is 0 Å². The number of alkyl halides is 1. The molecule has 0 saturated carbocycles. The molecule has 1 aromatic carbocycles. The standard InChI is InChI=1S/C18H16FN/c1-4-5-6-7-14-8-10-15(11-9-14)17-16-12-13(2)20(3)18(16,17)19/h1,6-12H,5H2,2-3H3/b7-6-. The van der Waals surface area contributed by atoms with Crippen LogP contribution in [0.1, 0.15) is 24.5 Å². The minimum absolute atomic E-state index is 0.625. The number of rotatable bonds is 3. The number of fused-ring (bicyclic) bond motifs is 1. The lowest BCUT2D eigenvalue weighted by atomic mass is 10.1. The molecule has 0 fully saturated rings. The molecule has 0 N–H and O–H groups in total. The summed E-state index contributed by atoms with van der Waals surface area (Å²) in [5, 5.41) is 0. The van der Waals surface area contributed by atoms with E-state index in [9.17, 15) is 4.39 Å². The van der Waals surface area contributed by atoms with Crippen molar-refractivity contribution in [2.24, 2.45) is 0 Å². The number of likely N-dealkylation sites (N-methyl/N-ethyl adjacent to an activating group) is 1. The average Bonchev–Trinajstić information content (AvgIpc) is 2.97. The summed E-state index contributed by atoms with van der Waals surface area (Å²) in [6.07, 6.45) is 11.7. The maximum atomic E-state index is 14.8. The zero-order chi connectivity index (χ0) is 14.3. The van der Waals surface area contributed by atoms with E-state index in [0.717, 1.165) is 28.0 Å². The lowest BCUT2D eigenvalue weighted by molar-refractivity contribution is 0.160. The first-order valence-electron chi connectivity index (χ1n) is 6.65. The fourth-order valence-corrected chi connectivity index (χ4v) is 2.70. The SMILES string of the molecule is C#CC/C=C\c1ccc(C2=C3C=C(C)N(C)C32F)cc1. The lowest BCUT2D eigenvalue weighted by Crippen LogP contribution is -2.28. The molecule has 20 heavy (non-hydrogen) atoms. The van der Waals surface area contributed by atoms with Crippen LogP contribution < -0.4 is 0 Å². The summed E-state index contributed by atoms with van der Waals surface area (Å²) in [6, 6.07) is 7.91. The van der Waals surface area contributed by atoms with Crippen molar-refractivity contribution in [2.75, 3.05) is 7.05 Å². The van der Waals surface area contributed by atoms with Crippen LogP contribution >= 0.6 is 0 Å². The number of benzene rings is 1. The highest BCUT2D eigenvalue weighted by Gasteiger charge is 2.60. The molecule has 1 aliphatic carbocycles. The molecular formula is C18H16FN.